The van der Waals surface area contributed by atoms with Gasteiger partial charge in [0.05, 0.1) is 16.1 Å². The van der Waals surface area contributed by atoms with Crippen LogP contribution in [0.15, 0.2) is 53.4 Å². The van der Waals surface area contributed by atoms with Crippen molar-refractivity contribution >= 4 is 79.7 Å². The standard InChI is InChI=1S/C22H26Cl3N5O4S2/c1-13(2)12-18(31)27-20(22(23,24)25)28-21(35)26-17-7-5-4-6-16(17)19(32)29-30-36(33,34)15-10-8-14(3)9-11-15/h4-11,13,20,30H,12H2,1-3H3,(H,27,31)(H,29,32)(H2,26,28,35). The van der Waals surface area contributed by atoms with E-state index in [4.69, 9.17) is 47.0 Å². The molecule has 0 fully saturated rings. The molecule has 2 amide bonds. The second-order valence-electron chi connectivity index (χ2n) is 8.16. The number of thiocarbonyl (C=S) groups is 1. The fourth-order valence-electron chi connectivity index (χ4n) is 2.83. The SMILES string of the molecule is Cc1ccc(S(=O)(=O)NNC(=O)c2ccccc2NC(=S)NC(NC(=O)CC(C)C)C(Cl)(Cl)Cl)cc1. The molecule has 0 radical (unpaired) electrons. The van der Waals surface area contributed by atoms with E-state index in [1.165, 1.54) is 18.2 Å². The van der Waals surface area contributed by atoms with Gasteiger partial charge in [0, 0.05) is 6.42 Å². The van der Waals surface area contributed by atoms with Gasteiger partial charge in [0.1, 0.15) is 6.17 Å². The summed E-state index contributed by atoms with van der Waals surface area (Å²) >= 11 is 23.2. The summed E-state index contributed by atoms with van der Waals surface area (Å²) in [6.45, 7) is 5.56. The Labute approximate surface area is 230 Å². The first-order valence-electron chi connectivity index (χ1n) is 10.6. The molecule has 196 valence electrons. The van der Waals surface area contributed by atoms with E-state index < -0.39 is 25.9 Å². The van der Waals surface area contributed by atoms with Crippen LogP contribution in [0.4, 0.5) is 5.69 Å². The second-order valence-corrected chi connectivity index (χ2v) is 12.6. The molecule has 0 bridgehead atoms. The average Bonchev–Trinajstić information content (AvgIpc) is 2.76. The number of sulfonamides is 1. The Morgan fingerprint density at radius 1 is 1.00 bits per heavy atom. The molecular weight excluding hydrogens is 569 g/mol. The van der Waals surface area contributed by atoms with Crippen molar-refractivity contribution in [3.05, 3.63) is 59.7 Å². The molecule has 0 aromatic heterocycles. The van der Waals surface area contributed by atoms with E-state index >= 15 is 0 Å². The molecule has 2 aromatic rings. The highest BCUT2D eigenvalue weighted by molar-refractivity contribution is 7.89. The molecule has 0 aliphatic carbocycles. The lowest BCUT2D eigenvalue weighted by molar-refractivity contribution is -0.122. The van der Waals surface area contributed by atoms with Crippen molar-refractivity contribution < 1.29 is 18.0 Å². The lowest BCUT2D eigenvalue weighted by Gasteiger charge is -2.28. The number of anilines is 1. The van der Waals surface area contributed by atoms with Crippen LogP contribution in [-0.4, -0.2) is 35.3 Å². The Kier molecular flexibility index (Phi) is 10.8. The summed E-state index contributed by atoms with van der Waals surface area (Å²) in [6.07, 6.45) is -0.961. The predicted octanol–water partition coefficient (Wildman–Crippen LogP) is 3.76. The largest absolute Gasteiger partial charge is 0.339 e. The van der Waals surface area contributed by atoms with Crippen LogP contribution in [0.2, 0.25) is 0 Å². The number of amides is 2. The van der Waals surface area contributed by atoms with Gasteiger partial charge in [-0.3, -0.25) is 15.0 Å². The summed E-state index contributed by atoms with van der Waals surface area (Å²) in [5.74, 6) is -1.02. The first kappa shape index (κ1) is 30.1. The van der Waals surface area contributed by atoms with Gasteiger partial charge in [-0.25, -0.2) is 8.42 Å². The van der Waals surface area contributed by atoms with Gasteiger partial charge in [0.2, 0.25) is 9.70 Å². The Bertz CT molecular complexity index is 1200. The highest BCUT2D eigenvalue weighted by Gasteiger charge is 2.34. The van der Waals surface area contributed by atoms with Crippen LogP contribution in [0.3, 0.4) is 0 Å². The second kappa shape index (κ2) is 12.9. The van der Waals surface area contributed by atoms with Gasteiger partial charge in [-0.2, -0.15) is 0 Å². The molecule has 2 aromatic carbocycles. The summed E-state index contributed by atoms with van der Waals surface area (Å²) < 4.78 is 23.0. The highest BCUT2D eigenvalue weighted by Crippen LogP contribution is 2.29. The van der Waals surface area contributed by atoms with Crippen molar-refractivity contribution in [2.75, 3.05) is 5.32 Å². The van der Waals surface area contributed by atoms with Crippen LogP contribution in [0.25, 0.3) is 0 Å². The number of hydrogen-bond acceptors (Lipinski definition) is 5. The molecule has 5 N–H and O–H groups in total. The molecule has 1 atom stereocenters. The third-order valence-electron chi connectivity index (χ3n) is 4.55. The average molecular weight is 595 g/mol. The van der Waals surface area contributed by atoms with Crippen LogP contribution >= 0.6 is 47.0 Å². The maximum absolute atomic E-state index is 12.7. The summed E-state index contributed by atoms with van der Waals surface area (Å²) in [6, 6.07) is 12.3. The first-order chi connectivity index (χ1) is 16.7. The van der Waals surface area contributed by atoms with E-state index in [-0.39, 0.29) is 39.5 Å². The molecule has 0 heterocycles. The summed E-state index contributed by atoms with van der Waals surface area (Å²) in [7, 11) is -3.99. The number of hydrogen-bond donors (Lipinski definition) is 5. The zero-order valence-corrected chi connectivity index (χ0v) is 23.5. The number of carbonyl (C=O) groups excluding carboxylic acids is 2. The van der Waals surface area contributed by atoms with Crippen molar-refractivity contribution in [1.82, 2.24) is 20.9 Å². The number of alkyl halides is 3. The Hall–Kier alpha value is -2.15. The number of carbonyl (C=O) groups is 2. The summed E-state index contributed by atoms with van der Waals surface area (Å²) in [5.41, 5.74) is 3.37. The van der Waals surface area contributed by atoms with Crippen molar-refractivity contribution in [2.24, 2.45) is 5.92 Å². The maximum atomic E-state index is 12.7. The van der Waals surface area contributed by atoms with Crippen molar-refractivity contribution in [3.8, 4) is 0 Å². The molecule has 0 aliphatic heterocycles. The first-order valence-corrected chi connectivity index (χ1v) is 13.6. The van der Waals surface area contributed by atoms with Crippen molar-refractivity contribution in [1.29, 1.82) is 0 Å². The number of para-hydroxylation sites is 1. The smallest absolute Gasteiger partial charge is 0.268 e. The topological polar surface area (TPSA) is 128 Å². The Morgan fingerprint density at radius 2 is 1.61 bits per heavy atom. The molecule has 0 saturated carbocycles. The van der Waals surface area contributed by atoms with Gasteiger partial charge in [0.15, 0.2) is 5.11 Å². The maximum Gasteiger partial charge on any atom is 0.268 e. The van der Waals surface area contributed by atoms with E-state index in [2.05, 4.69) is 26.2 Å². The zero-order chi connectivity index (χ0) is 27.1. The molecule has 2 rings (SSSR count). The minimum Gasteiger partial charge on any atom is -0.339 e. The highest BCUT2D eigenvalue weighted by atomic mass is 35.6. The normalized spacial score (nSPS) is 12.5. The lowest BCUT2D eigenvalue weighted by atomic mass is 10.1. The van der Waals surface area contributed by atoms with Gasteiger partial charge in [-0.15, -0.1) is 4.83 Å². The molecule has 0 spiro atoms. The summed E-state index contributed by atoms with van der Waals surface area (Å²) in [5, 5.41) is 8.02. The van der Waals surface area contributed by atoms with Crippen LogP contribution in [0.5, 0.6) is 0 Å². The van der Waals surface area contributed by atoms with Crippen molar-refractivity contribution in [2.45, 2.75) is 42.0 Å². The molecule has 0 saturated heterocycles. The fraction of sp³-hybridized carbons (Fsp3) is 0.318. The van der Waals surface area contributed by atoms with Gasteiger partial charge in [-0.05, 0) is 49.3 Å². The lowest BCUT2D eigenvalue weighted by Crippen LogP contribution is -2.56. The number of nitrogens with one attached hydrogen (secondary N) is 5. The molecule has 0 aliphatic rings. The quantitative estimate of drug-likeness (QED) is 0.129. The monoisotopic (exact) mass is 593 g/mol. The van der Waals surface area contributed by atoms with E-state index in [1.54, 1.807) is 30.3 Å². The number of aryl methyl sites for hydroxylation is 1. The predicted molar refractivity (Wildman–Crippen MR) is 146 cm³/mol. The molecule has 1 unspecified atom stereocenters. The number of rotatable bonds is 9. The number of halogens is 3. The van der Waals surface area contributed by atoms with Crippen LogP contribution in [0.1, 0.15) is 36.2 Å². The van der Waals surface area contributed by atoms with E-state index in [1.807, 2.05) is 20.8 Å². The van der Waals surface area contributed by atoms with Crippen molar-refractivity contribution in [3.63, 3.8) is 0 Å². The van der Waals surface area contributed by atoms with E-state index in [0.29, 0.717) is 0 Å². The minimum absolute atomic E-state index is 0.0116. The fourth-order valence-corrected chi connectivity index (χ4v) is 4.22. The number of hydrazine groups is 1. The van der Waals surface area contributed by atoms with Crippen LogP contribution in [0, 0.1) is 12.8 Å². The molecular formula is C22H26Cl3N5O4S2. The van der Waals surface area contributed by atoms with Gasteiger partial charge in [-0.1, -0.05) is 78.5 Å². The third kappa shape index (κ3) is 9.38. The van der Waals surface area contributed by atoms with Crippen LogP contribution < -0.4 is 26.2 Å². The minimum atomic E-state index is -3.99. The van der Waals surface area contributed by atoms with Gasteiger partial charge >= 0.3 is 0 Å². The van der Waals surface area contributed by atoms with E-state index in [0.717, 1.165) is 5.56 Å². The Morgan fingerprint density at radius 3 is 2.19 bits per heavy atom. The molecule has 14 heteroatoms. The van der Waals surface area contributed by atoms with Gasteiger partial charge in [0.25, 0.3) is 15.9 Å². The molecule has 36 heavy (non-hydrogen) atoms. The molecule has 9 nitrogen and oxygen atoms in total. The third-order valence-corrected chi connectivity index (χ3v) is 6.69. The zero-order valence-electron chi connectivity index (χ0n) is 19.6. The summed E-state index contributed by atoms with van der Waals surface area (Å²) in [4.78, 5) is 27.0. The Balaban J connectivity index is 2.10. The van der Waals surface area contributed by atoms with E-state index in [9.17, 15) is 18.0 Å². The van der Waals surface area contributed by atoms with Gasteiger partial charge < -0.3 is 16.0 Å². The van der Waals surface area contributed by atoms with Crippen LogP contribution in [-0.2, 0) is 14.8 Å². The number of benzene rings is 2.